The summed E-state index contributed by atoms with van der Waals surface area (Å²) in [7, 11) is 4.51. The molecule has 288 valence electrons. The summed E-state index contributed by atoms with van der Waals surface area (Å²) in [5.41, 5.74) is 12.9. The number of hydrogen-bond acceptors (Lipinski definition) is 4. The first-order valence-electron chi connectivity index (χ1n) is 20.6. The van der Waals surface area contributed by atoms with Gasteiger partial charge >= 0.3 is 0 Å². The molecule has 0 radical (unpaired) electrons. The van der Waals surface area contributed by atoms with E-state index in [-0.39, 0.29) is 6.17 Å². The third-order valence-electron chi connectivity index (χ3n) is 11.9. The highest BCUT2D eigenvalue weighted by Gasteiger charge is 2.32. The molecule has 0 saturated carbocycles. The summed E-state index contributed by atoms with van der Waals surface area (Å²) in [4.78, 5) is 9.67. The summed E-state index contributed by atoms with van der Waals surface area (Å²) in [6.07, 6.45) is 0.276. The Morgan fingerprint density at radius 3 is 1.14 bits per heavy atom. The van der Waals surface area contributed by atoms with Crippen LogP contribution in [0.1, 0.15) is 23.2 Å². The van der Waals surface area contributed by atoms with E-state index in [1.165, 1.54) is 32.9 Å². The summed E-state index contributed by atoms with van der Waals surface area (Å²) in [6.45, 7) is 2.01. The van der Waals surface area contributed by atoms with Gasteiger partial charge in [0.15, 0.2) is 0 Å². The van der Waals surface area contributed by atoms with E-state index in [2.05, 4.69) is 251 Å². The van der Waals surface area contributed by atoms with Crippen molar-refractivity contribution in [3.8, 4) is 5.69 Å². The predicted octanol–water partition coefficient (Wildman–Crippen LogP) is 13.4. The molecule has 59 heavy (non-hydrogen) atoms. The molecule has 2 heterocycles. The van der Waals surface area contributed by atoms with Crippen LogP contribution in [0.4, 0.5) is 34.1 Å². The topological polar surface area (TPSA) is 17.9 Å². The van der Waals surface area contributed by atoms with E-state index in [1.54, 1.807) is 0 Å². The smallest absolute Gasteiger partial charge is 0.0881 e. The molecule has 10 rings (SSSR count). The average Bonchev–Trinajstić information content (AvgIpc) is 3.61. The van der Waals surface area contributed by atoms with Crippen molar-refractivity contribution in [1.82, 2.24) is 14.4 Å². The van der Waals surface area contributed by atoms with Gasteiger partial charge in [0.1, 0.15) is 0 Å². The number of likely N-dealkylation sites (N-methyl/N-ethyl adjacent to an activating group) is 2. The van der Waals surface area contributed by atoms with Crippen molar-refractivity contribution in [2.24, 2.45) is 0 Å². The summed E-state index contributed by atoms with van der Waals surface area (Å²) in [6, 6.07) is 76.7. The van der Waals surface area contributed by atoms with Crippen LogP contribution in [-0.2, 0) is 0 Å². The first-order chi connectivity index (χ1) is 29.1. The molecule has 1 aliphatic heterocycles. The first-order valence-corrected chi connectivity index (χ1v) is 20.6. The van der Waals surface area contributed by atoms with Crippen LogP contribution >= 0.6 is 0 Å². The van der Waals surface area contributed by atoms with Gasteiger partial charge in [0.25, 0.3) is 0 Å². The molecule has 0 N–H and O–H groups in total. The van der Waals surface area contributed by atoms with Crippen molar-refractivity contribution in [3.63, 3.8) is 0 Å². The van der Waals surface area contributed by atoms with Gasteiger partial charge in [-0.15, -0.1) is 0 Å². The van der Waals surface area contributed by atoms with E-state index in [9.17, 15) is 0 Å². The molecule has 0 unspecified atom stereocenters. The lowest BCUT2D eigenvalue weighted by Crippen LogP contribution is -2.47. The van der Waals surface area contributed by atoms with Crippen molar-refractivity contribution >= 4 is 55.9 Å². The van der Waals surface area contributed by atoms with E-state index < -0.39 is 0 Å². The van der Waals surface area contributed by atoms with E-state index >= 15 is 0 Å². The Morgan fingerprint density at radius 2 is 0.746 bits per heavy atom. The molecule has 5 nitrogen and oxygen atoms in total. The van der Waals surface area contributed by atoms with Crippen molar-refractivity contribution < 1.29 is 0 Å². The van der Waals surface area contributed by atoms with Crippen LogP contribution < -0.4 is 9.80 Å². The SMILES string of the molecule is CN1CC(c2ccc(-n3c4ccc(N(c5ccccc5)c5ccccc5)cc4c4cc(N(c5ccccc5)c5ccccc5)ccc43)cc2)CN(C)C1c1ccccc1. The fourth-order valence-corrected chi connectivity index (χ4v) is 9.29. The number of fused-ring (bicyclic) bond motifs is 3. The number of nitrogens with zero attached hydrogens (tertiary/aromatic N) is 5. The second kappa shape index (κ2) is 15.8. The van der Waals surface area contributed by atoms with Gasteiger partial charge in [0.2, 0.25) is 0 Å². The zero-order chi connectivity index (χ0) is 39.7. The zero-order valence-corrected chi connectivity index (χ0v) is 33.5. The number of rotatable bonds is 9. The molecule has 0 bridgehead atoms. The van der Waals surface area contributed by atoms with Gasteiger partial charge in [0.05, 0.1) is 17.2 Å². The van der Waals surface area contributed by atoms with Gasteiger partial charge in [-0.3, -0.25) is 9.80 Å². The van der Waals surface area contributed by atoms with Gasteiger partial charge in [-0.1, -0.05) is 115 Å². The minimum absolute atomic E-state index is 0.276. The normalized spacial score (nSPS) is 16.0. The molecule has 0 spiro atoms. The third-order valence-corrected chi connectivity index (χ3v) is 11.9. The van der Waals surface area contributed by atoms with Crippen molar-refractivity contribution in [1.29, 1.82) is 0 Å². The lowest BCUT2D eigenvalue weighted by atomic mass is 9.94. The molecule has 1 fully saturated rings. The minimum Gasteiger partial charge on any atom is -0.310 e. The van der Waals surface area contributed by atoms with Crippen LogP contribution in [0.2, 0.25) is 0 Å². The monoisotopic (exact) mass is 765 g/mol. The number of aromatic nitrogens is 1. The second-order valence-corrected chi connectivity index (χ2v) is 15.7. The first kappa shape index (κ1) is 36.4. The number of para-hydroxylation sites is 4. The van der Waals surface area contributed by atoms with E-state index in [4.69, 9.17) is 0 Å². The Bertz CT molecular complexity index is 2570. The quantitative estimate of drug-likeness (QED) is 0.146. The molecular formula is C54H47N5. The van der Waals surface area contributed by atoms with Crippen LogP contribution in [0.3, 0.4) is 0 Å². The number of hydrogen-bond donors (Lipinski definition) is 0. The Balaban J connectivity index is 1.10. The standard InChI is InChI=1S/C54H47N5/c1-55-38-42(39-56(2)54(55)41-18-8-3-9-19-41)40-28-30-47(31-29-40)59-52-34-32-48(57(43-20-10-4-11-21-43)44-22-12-5-13-23-44)36-50(52)51-37-49(33-35-53(51)59)58(45-24-14-6-15-25-45)46-26-16-7-17-27-46/h3-37,42,54H,38-39H2,1-2H3. The molecule has 0 aliphatic carbocycles. The lowest BCUT2D eigenvalue weighted by Gasteiger charge is -2.44. The highest BCUT2D eigenvalue weighted by molar-refractivity contribution is 6.12. The Labute approximate surface area is 347 Å². The predicted molar refractivity (Wildman–Crippen MR) is 247 cm³/mol. The van der Waals surface area contributed by atoms with Gasteiger partial charge in [0, 0.05) is 69.6 Å². The molecule has 9 aromatic rings. The van der Waals surface area contributed by atoms with Crippen LogP contribution in [0.5, 0.6) is 0 Å². The molecule has 1 aromatic heterocycles. The number of benzene rings is 8. The van der Waals surface area contributed by atoms with E-state index in [0.29, 0.717) is 5.92 Å². The largest absolute Gasteiger partial charge is 0.310 e. The van der Waals surface area contributed by atoms with Crippen LogP contribution in [0.25, 0.3) is 27.5 Å². The highest BCUT2D eigenvalue weighted by atomic mass is 15.4. The number of anilines is 6. The summed E-state index contributed by atoms with van der Waals surface area (Å²) < 4.78 is 2.44. The maximum absolute atomic E-state index is 2.49. The molecule has 5 heteroatoms. The molecule has 1 aliphatic rings. The zero-order valence-electron chi connectivity index (χ0n) is 33.5. The maximum atomic E-state index is 2.49. The van der Waals surface area contributed by atoms with Crippen LogP contribution in [0.15, 0.2) is 212 Å². The Hall–Kier alpha value is -6.92. The van der Waals surface area contributed by atoms with Gasteiger partial charge < -0.3 is 14.4 Å². The van der Waals surface area contributed by atoms with Crippen molar-refractivity contribution in [3.05, 3.63) is 223 Å². The minimum atomic E-state index is 0.276. The van der Waals surface area contributed by atoms with Crippen molar-refractivity contribution in [2.75, 3.05) is 37.0 Å². The summed E-state index contributed by atoms with van der Waals surface area (Å²) >= 11 is 0. The highest BCUT2D eigenvalue weighted by Crippen LogP contribution is 2.43. The molecule has 0 amide bonds. The summed E-state index contributed by atoms with van der Waals surface area (Å²) in [5, 5.41) is 2.40. The lowest BCUT2D eigenvalue weighted by molar-refractivity contribution is 0.0283. The fourth-order valence-electron chi connectivity index (χ4n) is 9.29. The van der Waals surface area contributed by atoms with Crippen molar-refractivity contribution in [2.45, 2.75) is 12.1 Å². The second-order valence-electron chi connectivity index (χ2n) is 15.7. The average molecular weight is 766 g/mol. The summed E-state index contributed by atoms with van der Waals surface area (Å²) in [5.74, 6) is 0.409. The Morgan fingerprint density at radius 1 is 0.373 bits per heavy atom. The molecule has 1 saturated heterocycles. The molecule has 0 atom stereocenters. The molecule has 8 aromatic carbocycles. The van der Waals surface area contributed by atoms with Gasteiger partial charge in [-0.25, -0.2) is 0 Å². The van der Waals surface area contributed by atoms with E-state index in [0.717, 1.165) is 52.9 Å². The fraction of sp³-hybridized carbons (Fsp3) is 0.111. The van der Waals surface area contributed by atoms with Gasteiger partial charge in [-0.05, 0) is 122 Å². The Kier molecular flexibility index (Phi) is 9.75. The van der Waals surface area contributed by atoms with Gasteiger partial charge in [-0.2, -0.15) is 0 Å². The van der Waals surface area contributed by atoms with Crippen LogP contribution in [0, 0.1) is 0 Å². The van der Waals surface area contributed by atoms with E-state index in [1.807, 2.05) is 0 Å². The third kappa shape index (κ3) is 6.95. The maximum Gasteiger partial charge on any atom is 0.0881 e. The molecular weight excluding hydrogens is 719 g/mol. The van der Waals surface area contributed by atoms with Crippen LogP contribution in [-0.4, -0.2) is 41.6 Å².